The van der Waals surface area contributed by atoms with Crippen LogP contribution in [0.2, 0.25) is 0 Å². The second-order valence-corrected chi connectivity index (χ2v) is 8.34. The number of carbonyl (C=O) groups excluding carboxylic acids is 1. The molecule has 28 heavy (non-hydrogen) atoms. The molecule has 0 spiro atoms. The second kappa shape index (κ2) is 8.19. The van der Waals surface area contributed by atoms with Gasteiger partial charge in [-0.15, -0.1) is 10.2 Å². The standard InChI is InChI=1S/C22H24N4OS/c1-15-10-16(2)12-19(11-15)23-20(27)14-28-22-25-24-21(18-8-9-18)26(22)13-17-6-4-3-5-7-17/h3-7,10-12,18H,8-9,13-14H2,1-2H3,(H,23,27). The highest BCUT2D eigenvalue weighted by molar-refractivity contribution is 7.99. The van der Waals surface area contributed by atoms with E-state index >= 15 is 0 Å². The minimum atomic E-state index is -0.0303. The van der Waals surface area contributed by atoms with E-state index in [1.54, 1.807) is 0 Å². The first kappa shape index (κ1) is 18.7. The summed E-state index contributed by atoms with van der Waals surface area (Å²) in [6.07, 6.45) is 2.34. The Labute approximate surface area is 169 Å². The summed E-state index contributed by atoms with van der Waals surface area (Å²) in [6, 6.07) is 16.4. The lowest BCUT2D eigenvalue weighted by atomic mass is 10.1. The van der Waals surface area contributed by atoms with Crippen LogP contribution in [0.15, 0.2) is 53.7 Å². The first-order valence-corrected chi connectivity index (χ1v) is 10.5. The number of anilines is 1. The van der Waals surface area contributed by atoms with Crippen LogP contribution in [0.5, 0.6) is 0 Å². The van der Waals surface area contributed by atoms with E-state index in [0.717, 1.165) is 34.3 Å². The van der Waals surface area contributed by atoms with Gasteiger partial charge in [0.2, 0.25) is 5.91 Å². The third kappa shape index (κ3) is 4.62. The van der Waals surface area contributed by atoms with Gasteiger partial charge in [-0.2, -0.15) is 0 Å². The number of amides is 1. The molecule has 1 fully saturated rings. The number of nitrogens with one attached hydrogen (secondary N) is 1. The Bertz CT molecular complexity index is 959. The van der Waals surface area contributed by atoms with Crippen molar-refractivity contribution in [2.45, 2.75) is 44.3 Å². The van der Waals surface area contributed by atoms with Crippen LogP contribution in [0.25, 0.3) is 0 Å². The van der Waals surface area contributed by atoms with Crippen LogP contribution in [-0.4, -0.2) is 26.4 Å². The summed E-state index contributed by atoms with van der Waals surface area (Å²) in [5.41, 5.74) is 4.33. The molecule has 2 aromatic carbocycles. The van der Waals surface area contributed by atoms with Crippen LogP contribution in [0.4, 0.5) is 5.69 Å². The fourth-order valence-corrected chi connectivity index (χ4v) is 4.08. The van der Waals surface area contributed by atoms with Crippen LogP contribution in [0, 0.1) is 13.8 Å². The Morgan fingerprint density at radius 1 is 1.11 bits per heavy atom. The minimum Gasteiger partial charge on any atom is -0.325 e. The summed E-state index contributed by atoms with van der Waals surface area (Å²) in [6.45, 7) is 4.80. The molecule has 0 radical (unpaired) electrons. The van der Waals surface area contributed by atoms with Gasteiger partial charge in [-0.25, -0.2) is 0 Å². The van der Waals surface area contributed by atoms with Crippen molar-refractivity contribution in [1.29, 1.82) is 0 Å². The lowest BCUT2D eigenvalue weighted by Gasteiger charge is -2.10. The van der Waals surface area contributed by atoms with Gasteiger partial charge in [0.05, 0.1) is 12.3 Å². The van der Waals surface area contributed by atoms with Crippen LogP contribution in [0.1, 0.15) is 41.3 Å². The van der Waals surface area contributed by atoms with E-state index in [0.29, 0.717) is 11.7 Å². The van der Waals surface area contributed by atoms with E-state index in [2.05, 4.69) is 38.3 Å². The monoisotopic (exact) mass is 392 g/mol. The number of benzene rings is 2. The van der Waals surface area contributed by atoms with Gasteiger partial charge in [-0.05, 0) is 55.5 Å². The van der Waals surface area contributed by atoms with E-state index in [1.165, 1.54) is 30.2 Å². The average molecular weight is 393 g/mol. The highest BCUT2D eigenvalue weighted by Gasteiger charge is 2.30. The van der Waals surface area contributed by atoms with E-state index in [4.69, 9.17) is 0 Å². The SMILES string of the molecule is Cc1cc(C)cc(NC(=O)CSc2nnc(C3CC3)n2Cc2ccccc2)c1. The Balaban J connectivity index is 1.45. The number of aryl methyl sites for hydroxylation is 2. The predicted octanol–water partition coefficient (Wildman–Crippen LogP) is 4.55. The zero-order valence-electron chi connectivity index (χ0n) is 16.2. The smallest absolute Gasteiger partial charge is 0.234 e. The number of thioether (sulfide) groups is 1. The molecule has 1 aromatic heterocycles. The lowest BCUT2D eigenvalue weighted by molar-refractivity contribution is -0.113. The van der Waals surface area contributed by atoms with Crippen molar-refractivity contribution in [3.8, 4) is 0 Å². The van der Waals surface area contributed by atoms with E-state index in [1.807, 2.05) is 44.2 Å². The van der Waals surface area contributed by atoms with Crippen LogP contribution >= 0.6 is 11.8 Å². The van der Waals surface area contributed by atoms with Crippen LogP contribution < -0.4 is 5.32 Å². The van der Waals surface area contributed by atoms with Crippen LogP contribution in [-0.2, 0) is 11.3 Å². The predicted molar refractivity (Wildman–Crippen MR) is 113 cm³/mol. The van der Waals surface area contributed by atoms with E-state index < -0.39 is 0 Å². The van der Waals surface area contributed by atoms with E-state index in [9.17, 15) is 4.79 Å². The maximum atomic E-state index is 12.4. The molecular weight excluding hydrogens is 368 g/mol. The Morgan fingerprint density at radius 3 is 2.50 bits per heavy atom. The van der Waals surface area contributed by atoms with Crippen molar-refractivity contribution >= 4 is 23.4 Å². The van der Waals surface area contributed by atoms with Gasteiger partial charge in [0.25, 0.3) is 0 Å². The molecule has 1 heterocycles. The van der Waals surface area contributed by atoms with Gasteiger partial charge < -0.3 is 9.88 Å². The summed E-state index contributed by atoms with van der Waals surface area (Å²) in [5, 5.41) is 12.6. The largest absolute Gasteiger partial charge is 0.325 e. The fraction of sp³-hybridized carbons (Fsp3) is 0.318. The summed E-state index contributed by atoms with van der Waals surface area (Å²) in [5.74, 6) is 1.83. The highest BCUT2D eigenvalue weighted by atomic mass is 32.2. The number of aromatic nitrogens is 3. The number of rotatable bonds is 7. The molecule has 0 aliphatic heterocycles. The molecule has 0 unspecified atom stereocenters. The Kier molecular flexibility index (Phi) is 5.48. The molecule has 1 aliphatic carbocycles. The summed E-state index contributed by atoms with van der Waals surface area (Å²) >= 11 is 1.45. The van der Waals surface area contributed by atoms with Gasteiger partial charge in [0, 0.05) is 11.6 Å². The van der Waals surface area contributed by atoms with E-state index in [-0.39, 0.29) is 5.91 Å². The van der Waals surface area contributed by atoms with Crippen molar-refractivity contribution in [3.63, 3.8) is 0 Å². The first-order chi connectivity index (χ1) is 13.6. The minimum absolute atomic E-state index is 0.0303. The van der Waals surface area contributed by atoms with Gasteiger partial charge in [-0.1, -0.05) is 48.2 Å². The molecule has 3 aromatic rings. The van der Waals surface area contributed by atoms with Crippen molar-refractivity contribution in [1.82, 2.24) is 14.8 Å². The highest BCUT2D eigenvalue weighted by Crippen LogP contribution is 2.40. The molecule has 4 rings (SSSR count). The number of hydrogen-bond donors (Lipinski definition) is 1. The van der Waals surface area contributed by atoms with Gasteiger partial charge >= 0.3 is 0 Å². The number of nitrogens with zero attached hydrogens (tertiary/aromatic N) is 3. The molecule has 1 saturated carbocycles. The number of carbonyl (C=O) groups is 1. The Morgan fingerprint density at radius 2 is 1.82 bits per heavy atom. The van der Waals surface area contributed by atoms with Gasteiger partial charge in [0.15, 0.2) is 5.16 Å². The van der Waals surface area contributed by atoms with Crippen LogP contribution in [0.3, 0.4) is 0 Å². The zero-order valence-corrected chi connectivity index (χ0v) is 17.0. The molecule has 1 N–H and O–H groups in total. The molecular formula is C22H24N4OS. The van der Waals surface area contributed by atoms with Crippen molar-refractivity contribution in [3.05, 3.63) is 71.0 Å². The molecule has 6 heteroatoms. The topological polar surface area (TPSA) is 59.8 Å². The molecule has 5 nitrogen and oxygen atoms in total. The zero-order chi connectivity index (χ0) is 19.5. The van der Waals surface area contributed by atoms with Gasteiger partial charge in [-0.3, -0.25) is 4.79 Å². The molecule has 0 bridgehead atoms. The third-order valence-corrected chi connectivity index (χ3v) is 5.68. The molecule has 144 valence electrons. The summed E-state index contributed by atoms with van der Waals surface area (Å²) in [4.78, 5) is 12.4. The maximum Gasteiger partial charge on any atom is 0.234 e. The molecule has 1 aliphatic rings. The summed E-state index contributed by atoms with van der Waals surface area (Å²) < 4.78 is 2.17. The third-order valence-electron chi connectivity index (χ3n) is 4.71. The normalized spacial score (nSPS) is 13.5. The maximum absolute atomic E-state index is 12.4. The average Bonchev–Trinajstić information content (AvgIpc) is 3.42. The Hall–Kier alpha value is -2.60. The van der Waals surface area contributed by atoms with Crippen molar-refractivity contribution in [2.75, 3.05) is 11.1 Å². The number of hydrogen-bond acceptors (Lipinski definition) is 4. The molecule has 0 saturated heterocycles. The lowest BCUT2D eigenvalue weighted by Crippen LogP contribution is -2.15. The summed E-state index contributed by atoms with van der Waals surface area (Å²) in [7, 11) is 0. The van der Waals surface area contributed by atoms with Crippen molar-refractivity contribution in [2.24, 2.45) is 0 Å². The molecule has 1 amide bonds. The van der Waals surface area contributed by atoms with Gasteiger partial charge in [0.1, 0.15) is 5.82 Å². The molecule has 0 atom stereocenters. The first-order valence-electron chi connectivity index (χ1n) is 9.56. The fourth-order valence-electron chi connectivity index (χ4n) is 3.34. The van der Waals surface area contributed by atoms with Crippen molar-refractivity contribution < 1.29 is 4.79 Å². The quantitative estimate of drug-likeness (QED) is 0.599. The second-order valence-electron chi connectivity index (χ2n) is 7.40.